The van der Waals surface area contributed by atoms with Gasteiger partial charge in [0.05, 0.1) is 12.6 Å². The fraction of sp³-hybridized carbons (Fsp3) is 0.412. The van der Waals surface area contributed by atoms with Crippen molar-refractivity contribution in [1.82, 2.24) is 5.32 Å². The van der Waals surface area contributed by atoms with Crippen molar-refractivity contribution in [3.05, 3.63) is 52.4 Å². The van der Waals surface area contributed by atoms with Gasteiger partial charge in [-0.2, -0.15) is 0 Å². The van der Waals surface area contributed by atoms with Crippen LogP contribution in [0.2, 0.25) is 5.22 Å². The van der Waals surface area contributed by atoms with Crippen LogP contribution in [0.25, 0.3) is 0 Å². The summed E-state index contributed by atoms with van der Waals surface area (Å²) in [7, 11) is 0. The first kappa shape index (κ1) is 14.5. The van der Waals surface area contributed by atoms with Gasteiger partial charge in [-0.15, -0.1) is 0 Å². The number of fused-ring (bicyclic) bond motifs is 1. The molecule has 4 heteroatoms. The molecule has 2 heterocycles. The van der Waals surface area contributed by atoms with Gasteiger partial charge in [-0.05, 0) is 60.3 Å². The lowest BCUT2D eigenvalue weighted by atomic mass is 10.0. The first-order valence-electron chi connectivity index (χ1n) is 7.49. The minimum absolute atomic E-state index is 0.201. The number of benzene rings is 1. The van der Waals surface area contributed by atoms with Crippen LogP contribution in [-0.2, 0) is 12.8 Å². The van der Waals surface area contributed by atoms with E-state index in [0.29, 0.717) is 5.22 Å². The zero-order chi connectivity index (χ0) is 14.7. The highest BCUT2D eigenvalue weighted by molar-refractivity contribution is 6.28. The summed E-state index contributed by atoms with van der Waals surface area (Å²) >= 11 is 5.88. The smallest absolute Gasteiger partial charge is 0.193 e. The summed E-state index contributed by atoms with van der Waals surface area (Å²) < 4.78 is 11.1. The van der Waals surface area contributed by atoms with E-state index in [1.807, 2.05) is 6.07 Å². The van der Waals surface area contributed by atoms with Gasteiger partial charge in [0.1, 0.15) is 11.5 Å². The van der Waals surface area contributed by atoms with Gasteiger partial charge in [-0.1, -0.05) is 19.1 Å². The SMILES string of the molecule is CCNC(CCc1ccc2c(c1)CCO2)c1ccc(Cl)o1. The van der Waals surface area contributed by atoms with Gasteiger partial charge in [0.15, 0.2) is 5.22 Å². The Labute approximate surface area is 130 Å². The molecule has 0 spiro atoms. The number of halogens is 1. The lowest BCUT2D eigenvalue weighted by Gasteiger charge is -2.15. The standard InChI is InChI=1S/C17H20ClNO2/c1-2-19-14(16-7-8-17(18)21-16)5-3-12-4-6-15-13(11-12)9-10-20-15/h4,6-8,11,14,19H,2-3,5,9-10H2,1H3. The van der Waals surface area contributed by atoms with E-state index in [4.69, 9.17) is 20.8 Å². The van der Waals surface area contributed by atoms with Gasteiger partial charge >= 0.3 is 0 Å². The van der Waals surface area contributed by atoms with Crippen molar-refractivity contribution in [1.29, 1.82) is 0 Å². The number of hydrogen-bond acceptors (Lipinski definition) is 3. The highest BCUT2D eigenvalue weighted by atomic mass is 35.5. The van der Waals surface area contributed by atoms with E-state index in [9.17, 15) is 0 Å². The predicted octanol–water partition coefficient (Wildman–Crippen LogP) is 4.15. The molecule has 1 aromatic heterocycles. The maximum absolute atomic E-state index is 5.88. The molecular formula is C17H20ClNO2. The summed E-state index contributed by atoms with van der Waals surface area (Å²) in [5.74, 6) is 1.95. The summed E-state index contributed by atoms with van der Waals surface area (Å²) in [5, 5.41) is 3.90. The first-order chi connectivity index (χ1) is 10.3. The van der Waals surface area contributed by atoms with Gasteiger partial charge < -0.3 is 14.5 Å². The van der Waals surface area contributed by atoms with Crippen LogP contribution in [0.1, 0.15) is 36.3 Å². The molecule has 0 saturated carbocycles. The molecule has 1 atom stereocenters. The van der Waals surface area contributed by atoms with Crippen LogP contribution in [0.15, 0.2) is 34.7 Å². The van der Waals surface area contributed by atoms with E-state index in [1.165, 1.54) is 11.1 Å². The first-order valence-corrected chi connectivity index (χ1v) is 7.87. The van der Waals surface area contributed by atoms with Gasteiger partial charge in [-0.3, -0.25) is 0 Å². The Morgan fingerprint density at radius 3 is 2.95 bits per heavy atom. The third-order valence-corrected chi connectivity index (χ3v) is 4.07. The summed E-state index contributed by atoms with van der Waals surface area (Å²) in [6.07, 6.45) is 3.01. The summed E-state index contributed by atoms with van der Waals surface area (Å²) in [6.45, 7) is 3.81. The molecule has 0 aliphatic carbocycles. The Morgan fingerprint density at radius 1 is 1.29 bits per heavy atom. The van der Waals surface area contributed by atoms with Crippen LogP contribution in [0, 0.1) is 0 Å². The molecular weight excluding hydrogens is 286 g/mol. The number of ether oxygens (including phenoxy) is 1. The number of aryl methyl sites for hydroxylation is 1. The van der Waals surface area contributed by atoms with Gasteiger partial charge in [0.2, 0.25) is 0 Å². The Balaban J connectivity index is 1.66. The quantitative estimate of drug-likeness (QED) is 0.870. The maximum atomic E-state index is 5.88. The Bertz CT molecular complexity index is 609. The van der Waals surface area contributed by atoms with Gasteiger partial charge in [0.25, 0.3) is 0 Å². The second-order valence-electron chi connectivity index (χ2n) is 5.33. The molecule has 0 fully saturated rings. The van der Waals surface area contributed by atoms with E-state index >= 15 is 0 Å². The Kier molecular flexibility index (Phi) is 4.51. The van der Waals surface area contributed by atoms with Crippen LogP contribution < -0.4 is 10.1 Å². The third kappa shape index (κ3) is 3.42. The lowest BCUT2D eigenvalue weighted by Crippen LogP contribution is -2.21. The van der Waals surface area contributed by atoms with Crippen molar-refractivity contribution in [3.8, 4) is 5.75 Å². The zero-order valence-corrected chi connectivity index (χ0v) is 13.0. The average molecular weight is 306 g/mol. The van der Waals surface area contributed by atoms with Crippen LogP contribution in [0.5, 0.6) is 5.75 Å². The summed E-state index contributed by atoms with van der Waals surface area (Å²) in [4.78, 5) is 0. The number of hydrogen-bond donors (Lipinski definition) is 1. The third-order valence-electron chi connectivity index (χ3n) is 3.86. The van der Waals surface area contributed by atoms with E-state index in [2.05, 4.69) is 30.4 Å². The summed E-state index contributed by atoms with van der Waals surface area (Å²) in [6, 6.07) is 10.5. The molecule has 3 nitrogen and oxygen atoms in total. The monoisotopic (exact) mass is 305 g/mol. The highest BCUT2D eigenvalue weighted by Crippen LogP contribution is 2.28. The molecule has 0 radical (unpaired) electrons. The Hall–Kier alpha value is -1.45. The van der Waals surface area contributed by atoms with Gasteiger partial charge in [-0.25, -0.2) is 0 Å². The highest BCUT2D eigenvalue weighted by Gasteiger charge is 2.16. The van der Waals surface area contributed by atoms with E-state index in [0.717, 1.165) is 43.9 Å². The largest absolute Gasteiger partial charge is 0.493 e. The summed E-state index contributed by atoms with van der Waals surface area (Å²) in [5.41, 5.74) is 2.67. The second kappa shape index (κ2) is 6.54. The number of nitrogens with one attached hydrogen (secondary N) is 1. The fourth-order valence-corrected chi connectivity index (χ4v) is 2.97. The molecule has 21 heavy (non-hydrogen) atoms. The molecule has 1 unspecified atom stereocenters. The molecule has 1 aliphatic rings. The van der Waals surface area contributed by atoms with E-state index < -0.39 is 0 Å². The molecule has 112 valence electrons. The normalized spacial score (nSPS) is 14.8. The molecule has 1 aromatic carbocycles. The van der Waals surface area contributed by atoms with Crippen molar-refractivity contribution in [2.24, 2.45) is 0 Å². The lowest BCUT2D eigenvalue weighted by molar-refractivity contribution is 0.356. The predicted molar refractivity (Wildman–Crippen MR) is 84.1 cm³/mol. The zero-order valence-electron chi connectivity index (χ0n) is 12.2. The van der Waals surface area contributed by atoms with Crippen molar-refractivity contribution >= 4 is 11.6 Å². The minimum atomic E-state index is 0.201. The molecule has 0 amide bonds. The van der Waals surface area contributed by atoms with E-state index in [1.54, 1.807) is 6.07 Å². The molecule has 0 saturated heterocycles. The van der Waals surface area contributed by atoms with Crippen molar-refractivity contribution in [3.63, 3.8) is 0 Å². The topological polar surface area (TPSA) is 34.4 Å². The van der Waals surface area contributed by atoms with Crippen LogP contribution in [0.4, 0.5) is 0 Å². The molecule has 0 bridgehead atoms. The second-order valence-corrected chi connectivity index (χ2v) is 5.70. The minimum Gasteiger partial charge on any atom is -0.493 e. The van der Waals surface area contributed by atoms with Crippen LogP contribution in [0.3, 0.4) is 0 Å². The van der Waals surface area contributed by atoms with Crippen molar-refractivity contribution < 1.29 is 9.15 Å². The van der Waals surface area contributed by atoms with Gasteiger partial charge in [0, 0.05) is 6.42 Å². The van der Waals surface area contributed by atoms with Crippen LogP contribution in [-0.4, -0.2) is 13.2 Å². The molecule has 1 N–H and O–H groups in total. The average Bonchev–Trinajstić information content (AvgIpc) is 3.11. The van der Waals surface area contributed by atoms with Crippen molar-refractivity contribution in [2.45, 2.75) is 32.2 Å². The molecule has 2 aromatic rings. The maximum Gasteiger partial charge on any atom is 0.193 e. The number of furan rings is 1. The number of rotatable bonds is 6. The van der Waals surface area contributed by atoms with Crippen LogP contribution >= 0.6 is 11.6 Å². The van der Waals surface area contributed by atoms with E-state index in [-0.39, 0.29) is 6.04 Å². The fourth-order valence-electron chi connectivity index (χ4n) is 2.81. The molecule has 1 aliphatic heterocycles. The van der Waals surface area contributed by atoms with Crippen molar-refractivity contribution in [2.75, 3.05) is 13.2 Å². The molecule has 3 rings (SSSR count). The Morgan fingerprint density at radius 2 is 2.19 bits per heavy atom.